The van der Waals surface area contributed by atoms with Gasteiger partial charge < -0.3 is 9.40 Å². The van der Waals surface area contributed by atoms with Crippen LogP contribution in [-0.2, 0) is 0 Å². The van der Waals surface area contributed by atoms with Crippen LogP contribution in [0.25, 0.3) is 17.1 Å². The molecular formula is C9H7N3O. The minimum atomic E-state index is 0.789. The summed E-state index contributed by atoms with van der Waals surface area (Å²) >= 11 is 0. The van der Waals surface area contributed by atoms with Gasteiger partial charge >= 0.3 is 0 Å². The topological polar surface area (TPSA) is 46.2 Å². The number of aromatic nitrogens is 3. The van der Waals surface area contributed by atoms with E-state index in [1.54, 1.807) is 10.8 Å². The number of nitrogens with one attached hydrogen (secondary N) is 1. The maximum absolute atomic E-state index is 5.23. The Labute approximate surface area is 73.8 Å². The van der Waals surface area contributed by atoms with E-state index < -0.39 is 0 Å². The molecule has 0 aliphatic rings. The number of nitrogens with zero attached hydrogens (tertiary/aromatic N) is 2. The van der Waals surface area contributed by atoms with Crippen molar-refractivity contribution in [3.05, 3.63) is 36.9 Å². The molecule has 0 spiro atoms. The van der Waals surface area contributed by atoms with Crippen molar-refractivity contribution in [1.29, 1.82) is 0 Å². The van der Waals surface area contributed by atoms with Crippen LogP contribution in [-0.4, -0.2) is 14.6 Å². The summed E-state index contributed by atoms with van der Waals surface area (Å²) in [7, 11) is 0. The Kier molecular flexibility index (Phi) is 1.14. The number of rotatable bonds is 1. The van der Waals surface area contributed by atoms with E-state index in [-0.39, 0.29) is 0 Å². The zero-order valence-electron chi connectivity index (χ0n) is 6.77. The van der Waals surface area contributed by atoms with Crippen molar-refractivity contribution < 1.29 is 4.42 Å². The van der Waals surface area contributed by atoms with Gasteiger partial charge in [0.25, 0.3) is 0 Å². The van der Waals surface area contributed by atoms with Crippen molar-refractivity contribution in [3.8, 4) is 11.5 Å². The minimum Gasteiger partial charge on any atom is -0.463 e. The Morgan fingerprint density at radius 2 is 2.46 bits per heavy atom. The molecule has 0 radical (unpaired) electrons. The number of hydrogen-bond acceptors (Lipinski definition) is 2. The second-order valence-corrected chi connectivity index (χ2v) is 2.80. The molecule has 3 heterocycles. The lowest BCUT2D eigenvalue weighted by Crippen LogP contribution is -1.79. The Hall–Kier alpha value is -1.97. The molecule has 0 amide bonds. The number of H-pyrrole nitrogens is 1. The summed E-state index contributed by atoms with van der Waals surface area (Å²) in [5.41, 5.74) is 1.81. The standard InChI is InChI=1S/C9H7N3O/c1-2-8(13-5-1)7-6-9-10-3-4-12(9)11-7/h1-6,10H. The average molecular weight is 173 g/mol. The molecule has 0 fully saturated rings. The third kappa shape index (κ3) is 0.885. The fourth-order valence-electron chi connectivity index (χ4n) is 1.35. The lowest BCUT2D eigenvalue weighted by Gasteiger charge is -1.84. The third-order valence-corrected chi connectivity index (χ3v) is 1.96. The van der Waals surface area contributed by atoms with E-state index >= 15 is 0 Å². The Bertz CT molecular complexity index is 489. The van der Waals surface area contributed by atoms with Crippen LogP contribution < -0.4 is 0 Å². The molecule has 64 valence electrons. The van der Waals surface area contributed by atoms with E-state index in [2.05, 4.69) is 10.1 Å². The van der Waals surface area contributed by atoms with Crippen molar-refractivity contribution in [2.24, 2.45) is 0 Å². The number of aromatic amines is 1. The van der Waals surface area contributed by atoms with E-state index in [1.165, 1.54) is 0 Å². The maximum atomic E-state index is 5.23. The second-order valence-electron chi connectivity index (χ2n) is 2.80. The van der Waals surface area contributed by atoms with Crippen molar-refractivity contribution in [2.45, 2.75) is 0 Å². The molecule has 4 nitrogen and oxygen atoms in total. The zero-order valence-corrected chi connectivity index (χ0v) is 6.77. The van der Waals surface area contributed by atoms with Crippen LogP contribution in [0.15, 0.2) is 41.3 Å². The van der Waals surface area contributed by atoms with E-state index in [0.29, 0.717) is 0 Å². The molecular weight excluding hydrogens is 166 g/mol. The smallest absolute Gasteiger partial charge is 0.154 e. The number of fused-ring (bicyclic) bond motifs is 1. The molecule has 4 heteroatoms. The van der Waals surface area contributed by atoms with Crippen LogP contribution in [0.5, 0.6) is 0 Å². The molecule has 0 aliphatic carbocycles. The van der Waals surface area contributed by atoms with Gasteiger partial charge in [0.1, 0.15) is 11.3 Å². The predicted octanol–water partition coefficient (Wildman–Crippen LogP) is 1.92. The fraction of sp³-hybridized carbons (Fsp3) is 0. The van der Waals surface area contributed by atoms with Crippen LogP contribution in [0.2, 0.25) is 0 Å². The zero-order chi connectivity index (χ0) is 8.67. The van der Waals surface area contributed by atoms with Crippen molar-refractivity contribution in [1.82, 2.24) is 14.6 Å². The summed E-state index contributed by atoms with van der Waals surface area (Å²) in [6.45, 7) is 0. The van der Waals surface area contributed by atoms with Crippen molar-refractivity contribution in [2.75, 3.05) is 0 Å². The first kappa shape index (κ1) is 6.54. The van der Waals surface area contributed by atoms with Crippen LogP contribution in [0.1, 0.15) is 0 Å². The highest BCUT2D eigenvalue weighted by molar-refractivity contribution is 5.58. The first-order valence-corrected chi connectivity index (χ1v) is 4.00. The second kappa shape index (κ2) is 2.26. The number of furan rings is 1. The largest absolute Gasteiger partial charge is 0.463 e. The van der Waals surface area contributed by atoms with Gasteiger partial charge in [-0.25, -0.2) is 4.52 Å². The van der Waals surface area contributed by atoms with Gasteiger partial charge in [-0.2, -0.15) is 5.10 Å². The van der Waals surface area contributed by atoms with Gasteiger partial charge in [0.05, 0.1) is 6.26 Å². The lowest BCUT2D eigenvalue weighted by molar-refractivity contribution is 0.579. The maximum Gasteiger partial charge on any atom is 0.154 e. The van der Waals surface area contributed by atoms with Gasteiger partial charge in [-0.1, -0.05) is 0 Å². The quantitative estimate of drug-likeness (QED) is 0.611. The lowest BCUT2D eigenvalue weighted by atomic mass is 10.3. The van der Waals surface area contributed by atoms with E-state index in [0.717, 1.165) is 17.1 Å². The number of hydrogen-bond donors (Lipinski definition) is 1. The van der Waals surface area contributed by atoms with Gasteiger partial charge in [-0.05, 0) is 12.1 Å². The highest BCUT2D eigenvalue weighted by atomic mass is 16.3. The Morgan fingerprint density at radius 3 is 3.23 bits per heavy atom. The molecule has 1 N–H and O–H groups in total. The van der Waals surface area contributed by atoms with Gasteiger partial charge in [-0.3, -0.25) is 0 Å². The minimum absolute atomic E-state index is 0.789. The van der Waals surface area contributed by atoms with Crippen molar-refractivity contribution in [3.63, 3.8) is 0 Å². The first-order valence-electron chi connectivity index (χ1n) is 4.00. The molecule has 0 aromatic carbocycles. The van der Waals surface area contributed by atoms with Gasteiger partial charge in [-0.15, -0.1) is 0 Å². The van der Waals surface area contributed by atoms with Crippen LogP contribution in [0, 0.1) is 0 Å². The van der Waals surface area contributed by atoms with Gasteiger partial charge in [0.2, 0.25) is 0 Å². The predicted molar refractivity (Wildman–Crippen MR) is 47.2 cm³/mol. The highest BCUT2D eigenvalue weighted by Crippen LogP contribution is 2.18. The van der Waals surface area contributed by atoms with E-state index in [1.807, 2.05) is 30.6 Å². The van der Waals surface area contributed by atoms with Gasteiger partial charge in [0.15, 0.2) is 5.76 Å². The summed E-state index contributed by atoms with van der Waals surface area (Å²) in [5.74, 6) is 0.789. The summed E-state index contributed by atoms with van der Waals surface area (Å²) in [6.07, 6.45) is 5.35. The molecule has 3 aromatic heterocycles. The monoisotopic (exact) mass is 173 g/mol. The summed E-state index contributed by atoms with van der Waals surface area (Å²) in [6, 6.07) is 5.68. The van der Waals surface area contributed by atoms with Crippen LogP contribution in [0.4, 0.5) is 0 Å². The van der Waals surface area contributed by atoms with Crippen LogP contribution >= 0.6 is 0 Å². The normalized spacial score (nSPS) is 11.1. The summed E-state index contributed by atoms with van der Waals surface area (Å²) in [4.78, 5) is 3.06. The van der Waals surface area contributed by atoms with Gasteiger partial charge in [0, 0.05) is 18.5 Å². The summed E-state index contributed by atoms with van der Waals surface area (Å²) in [5, 5.41) is 4.31. The molecule has 0 saturated carbocycles. The molecule has 0 aliphatic heterocycles. The van der Waals surface area contributed by atoms with Crippen molar-refractivity contribution >= 4 is 5.65 Å². The molecule has 3 rings (SSSR count). The Balaban J connectivity index is 2.23. The van der Waals surface area contributed by atoms with E-state index in [9.17, 15) is 0 Å². The number of imidazole rings is 1. The molecule has 0 unspecified atom stereocenters. The Morgan fingerprint density at radius 1 is 1.46 bits per heavy atom. The van der Waals surface area contributed by atoms with E-state index in [4.69, 9.17) is 4.42 Å². The SMILES string of the molecule is c1coc(-c2cc3[nH]ccn3n2)c1. The molecule has 13 heavy (non-hydrogen) atoms. The molecule has 3 aromatic rings. The molecule has 0 atom stereocenters. The summed E-state index contributed by atoms with van der Waals surface area (Å²) < 4.78 is 7.00. The highest BCUT2D eigenvalue weighted by Gasteiger charge is 2.05. The first-order chi connectivity index (χ1) is 6.43. The molecule has 0 saturated heterocycles. The average Bonchev–Trinajstić information content (AvgIpc) is 2.78. The third-order valence-electron chi connectivity index (χ3n) is 1.96. The fourth-order valence-corrected chi connectivity index (χ4v) is 1.35. The van der Waals surface area contributed by atoms with Crippen LogP contribution in [0.3, 0.4) is 0 Å². The molecule has 0 bridgehead atoms.